The minimum absolute atomic E-state index is 0.723. The van der Waals surface area contributed by atoms with Crippen molar-refractivity contribution >= 4 is 22.1 Å². The van der Waals surface area contributed by atoms with Crippen molar-refractivity contribution in [2.45, 2.75) is 13.0 Å². The van der Waals surface area contributed by atoms with E-state index in [1.54, 1.807) is 24.3 Å². The maximum Gasteiger partial charge on any atom is 0.321 e. The van der Waals surface area contributed by atoms with E-state index in [-0.39, 0.29) is 0 Å². The first-order valence-corrected chi connectivity index (χ1v) is 6.43. The lowest BCUT2D eigenvalue weighted by Crippen LogP contribution is -2.37. The van der Waals surface area contributed by atoms with Crippen molar-refractivity contribution in [1.82, 2.24) is 4.72 Å². The molecule has 1 atom stereocenters. The smallest absolute Gasteiger partial charge is 0.321 e. The summed E-state index contributed by atoms with van der Waals surface area (Å²) >= 11 is 0. The van der Waals surface area contributed by atoms with Crippen LogP contribution in [0.5, 0.6) is 0 Å². The van der Waals surface area contributed by atoms with E-state index in [4.69, 9.17) is 5.11 Å². The molecule has 0 aliphatic carbocycles. The van der Waals surface area contributed by atoms with E-state index in [2.05, 4.69) is 0 Å². The number of benzene rings is 1. The average Bonchev–Trinajstić information content (AvgIpc) is 2.27. The lowest BCUT2D eigenvalue weighted by Gasteiger charge is -2.06. The molecule has 0 fully saturated rings. The molecule has 0 aromatic heterocycles. The van der Waals surface area contributed by atoms with Gasteiger partial charge in [0.15, 0.2) is 0 Å². The summed E-state index contributed by atoms with van der Waals surface area (Å²) in [7, 11) is -3.74. The third-order valence-corrected chi connectivity index (χ3v) is 3.13. The molecule has 1 rings (SSSR count). The Morgan fingerprint density at radius 1 is 1.35 bits per heavy atom. The Balaban J connectivity index is 2.74. The molecular weight excluding hydrogens is 242 g/mol. The zero-order valence-corrected chi connectivity index (χ0v) is 10.0. The van der Waals surface area contributed by atoms with Gasteiger partial charge in [0.2, 0.25) is 10.0 Å². The van der Waals surface area contributed by atoms with Gasteiger partial charge in [-0.25, -0.2) is 8.42 Å². The normalized spacial score (nSPS) is 13.7. The highest BCUT2D eigenvalue weighted by Gasteiger charge is 2.16. The highest BCUT2D eigenvalue weighted by molar-refractivity contribution is 7.92. The molecule has 6 heteroatoms. The molecule has 17 heavy (non-hydrogen) atoms. The van der Waals surface area contributed by atoms with Crippen molar-refractivity contribution in [2.75, 3.05) is 0 Å². The molecule has 1 aromatic rings. The van der Waals surface area contributed by atoms with Gasteiger partial charge in [-0.1, -0.05) is 30.3 Å². The van der Waals surface area contributed by atoms with Crippen LogP contribution in [0.4, 0.5) is 0 Å². The largest absolute Gasteiger partial charge is 0.480 e. The number of rotatable bonds is 5. The first kappa shape index (κ1) is 13.4. The Morgan fingerprint density at radius 2 is 1.94 bits per heavy atom. The highest BCUT2D eigenvalue weighted by atomic mass is 32.2. The maximum atomic E-state index is 11.5. The van der Waals surface area contributed by atoms with Gasteiger partial charge in [-0.3, -0.25) is 4.79 Å². The van der Waals surface area contributed by atoms with Gasteiger partial charge in [-0.15, -0.1) is 0 Å². The summed E-state index contributed by atoms with van der Waals surface area (Å²) in [5.41, 5.74) is 0.723. The van der Waals surface area contributed by atoms with Crippen LogP contribution in [0.1, 0.15) is 12.5 Å². The number of sulfonamides is 1. The Labute approximate surface area is 99.8 Å². The average molecular weight is 255 g/mol. The minimum Gasteiger partial charge on any atom is -0.480 e. The number of hydrogen-bond acceptors (Lipinski definition) is 3. The van der Waals surface area contributed by atoms with Crippen LogP contribution in [-0.2, 0) is 14.8 Å². The highest BCUT2D eigenvalue weighted by Crippen LogP contribution is 2.03. The van der Waals surface area contributed by atoms with E-state index in [1.807, 2.05) is 10.8 Å². The SMILES string of the molecule is C[C@H](NS(=O)(=O)C=Cc1ccccc1)C(=O)O. The van der Waals surface area contributed by atoms with Crippen LogP contribution in [0, 0.1) is 0 Å². The fourth-order valence-electron chi connectivity index (χ4n) is 1.07. The molecule has 0 saturated carbocycles. The Kier molecular flexibility index (Phi) is 4.42. The molecule has 92 valence electrons. The second-order valence-electron chi connectivity index (χ2n) is 3.44. The van der Waals surface area contributed by atoms with E-state index < -0.39 is 22.0 Å². The van der Waals surface area contributed by atoms with E-state index in [1.165, 1.54) is 13.0 Å². The van der Waals surface area contributed by atoms with Crippen LogP contribution in [0.3, 0.4) is 0 Å². The summed E-state index contributed by atoms with van der Waals surface area (Å²) in [6, 6.07) is 7.70. The van der Waals surface area contributed by atoms with Gasteiger partial charge in [-0.05, 0) is 18.6 Å². The number of carboxylic acids is 1. The molecule has 5 nitrogen and oxygen atoms in total. The molecular formula is C11H13NO4S. The molecule has 0 aliphatic heterocycles. The molecule has 0 heterocycles. The third-order valence-electron chi connectivity index (χ3n) is 1.95. The molecule has 0 amide bonds. The first-order valence-electron chi connectivity index (χ1n) is 4.89. The van der Waals surface area contributed by atoms with Crippen molar-refractivity contribution < 1.29 is 18.3 Å². The van der Waals surface area contributed by atoms with Gasteiger partial charge in [0.05, 0.1) is 0 Å². The fourth-order valence-corrected chi connectivity index (χ4v) is 2.08. The van der Waals surface area contributed by atoms with E-state index >= 15 is 0 Å². The molecule has 0 radical (unpaired) electrons. The van der Waals surface area contributed by atoms with Crippen LogP contribution in [0.2, 0.25) is 0 Å². The maximum absolute atomic E-state index is 11.5. The summed E-state index contributed by atoms with van der Waals surface area (Å²) in [6.07, 6.45) is 1.40. The van der Waals surface area contributed by atoms with Gasteiger partial charge in [0, 0.05) is 5.41 Å². The quantitative estimate of drug-likeness (QED) is 0.823. The molecule has 0 saturated heterocycles. The molecule has 2 N–H and O–H groups in total. The third kappa shape index (κ3) is 4.80. The second-order valence-corrected chi connectivity index (χ2v) is 5.03. The van der Waals surface area contributed by atoms with Crippen LogP contribution in [0.15, 0.2) is 35.7 Å². The van der Waals surface area contributed by atoms with Gasteiger partial charge in [-0.2, -0.15) is 4.72 Å². The molecule has 1 aromatic carbocycles. The predicted molar refractivity (Wildman–Crippen MR) is 64.6 cm³/mol. The number of aliphatic carboxylic acids is 1. The standard InChI is InChI=1S/C11H13NO4S/c1-9(11(13)14)12-17(15,16)8-7-10-5-3-2-4-6-10/h2-9,12H,1H3,(H,13,14)/t9-/m0/s1. The van der Waals surface area contributed by atoms with Crippen LogP contribution in [0.25, 0.3) is 6.08 Å². The zero-order valence-electron chi connectivity index (χ0n) is 9.20. The van der Waals surface area contributed by atoms with Crippen LogP contribution in [-0.4, -0.2) is 25.5 Å². The minimum atomic E-state index is -3.74. The van der Waals surface area contributed by atoms with Crippen molar-refractivity contribution in [1.29, 1.82) is 0 Å². The van der Waals surface area contributed by atoms with Gasteiger partial charge in [0.25, 0.3) is 0 Å². The zero-order chi connectivity index (χ0) is 12.9. The number of carboxylic acid groups (broad SMARTS) is 1. The Morgan fingerprint density at radius 3 is 2.47 bits per heavy atom. The van der Waals surface area contributed by atoms with Crippen LogP contribution >= 0.6 is 0 Å². The summed E-state index contributed by atoms with van der Waals surface area (Å²) in [5, 5.41) is 9.53. The molecule has 0 spiro atoms. The Hall–Kier alpha value is -1.66. The van der Waals surface area contributed by atoms with Crippen molar-refractivity contribution in [3.8, 4) is 0 Å². The van der Waals surface area contributed by atoms with E-state index in [9.17, 15) is 13.2 Å². The monoisotopic (exact) mass is 255 g/mol. The summed E-state index contributed by atoms with van der Waals surface area (Å²) in [5.74, 6) is -1.22. The van der Waals surface area contributed by atoms with Crippen molar-refractivity contribution in [3.63, 3.8) is 0 Å². The Bertz CT molecular complexity index is 508. The van der Waals surface area contributed by atoms with Gasteiger partial charge >= 0.3 is 5.97 Å². The predicted octanol–water partition coefficient (Wildman–Crippen LogP) is 1.05. The molecule has 0 bridgehead atoms. The van der Waals surface area contributed by atoms with E-state index in [0.717, 1.165) is 11.0 Å². The topological polar surface area (TPSA) is 83.5 Å². The summed E-state index contributed by atoms with van der Waals surface area (Å²) in [6.45, 7) is 1.26. The second kappa shape index (κ2) is 5.60. The fraction of sp³-hybridized carbons (Fsp3) is 0.182. The van der Waals surface area contributed by atoms with Crippen molar-refractivity contribution in [3.05, 3.63) is 41.3 Å². The van der Waals surface area contributed by atoms with Crippen molar-refractivity contribution in [2.24, 2.45) is 0 Å². The summed E-state index contributed by atoms with van der Waals surface area (Å²) in [4.78, 5) is 10.5. The summed E-state index contributed by atoms with van der Waals surface area (Å²) < 4.78 is 24.9. The molecule has 0 aliphatic rings. The number of nitrogens with one attached hydrogen (secondary N) is 1. The first-order chi connectivity index (χ1) is 7.91. The number of hydrogen-bond donors (Lipinski definition) is 2. The van der Waals surface area contributed by atoms with Gasteiger partial charge in [0.1, 0.15) is 6.04 Å². The number of carbonyl (C=O) groups is 1. The molecule has 0 unspecified atom stereocenters. The lowest BCUT2D eigenvalue weighted by atomic mass is 10.2. The van der Waals surface area contributed by atoms with E-state index in [0.29, 0.717) is 0 Å². The van der Waals surface area contributed by atoms with Crippen LogP contribution < -0.4 is 4.72 Å². The van der Waals surface area contributed by atoms with Gasteiger partial charge < -0.3 is 5.11 Å². The lowest BCUT2D eigenvalue weighted by molar-refractivity contribution is -0.138.